The Morgan fingerprint density at radius 2 is 1.79 bits per heavy atom. The Morgan fingerprint density at radius 1 is 1.04 bits per heavy atom. The van der Waals surface area contributed by atoms with Crippen molar-refractivity contribution in [1.82, 2.24) is 0 Å². The molecule has 1 N–H and O–H groups in total. The molecule has 24 heavy (non-hydrogen) atoms. The highest BCUT2D eigenvalue weighted by Crippen LogP contribution is 2.30. The van der Waals surface area contributed by atoms with Crippen molar-refractivity contribution in [2.75, 3.05) is 18.5 Å². The summed E-state index contributed by atoms with van der Waals surface area (Å²) in [7, 11) is 0. The summed E-state index contributed by atoms with van der Waals surface area (Å²) in [6.45, 7) is 8.83. The van der Waals surface area contributed by atoms with E-state index in [4.69, 9.17) is 9.47 Å². The van der Waals surface area contributed by atoms with Gasteiger partial charge in [0.1, 0.15) is 11.5 Å². The highest BCUT2D eigenvalue weighted by Gasteiger charge is 2.18. The van der Waals surface area contributed by atoms with Crippen LogP contribution in [0.3, 0.4) is 0 Å². The lowest BCUT2D eigenvalue weighted by Gasteiger charge is -2.22. The van der Waals surface area contributed by atoms with Gasteiger partial charge in [-0.25, -0.2) is 0 Å². The Kier molecular flexibility index (Phi) is 5.85. The van der Waals surface area contributed by atoms with Crippen LogP contribution in [0.25, 0.3) is 0 Å². The number of carbonyl (C=O) groups is 1. The molecule has 0 spiro atoms. The average molecular weight is 327 g/mol. The van der Waals surface area contributed by atoms with Crippen LogP contribution < -0.4 is 14.8 Å². The van der Waals surface area contributed by atoms with Crippen molar-refractivity contribution in [2.45, 2.75) is 33.1 Å². The predicted molar refractivity (Wildman–Crippen MR) is 96.9 cm³/mol. The first-order valence-electron chi connectivity index (χ1n) is 8.15. The van der Waals surface area contributed by atoms with Gasteiger partial charge in [0.25, 0.3) is 5.91 Å². The molecular weight excluding hydrogens is 302 g/mol. The number of carbonyl (C=O) groups excluding carboxylic acids is 1. The van der Waals surface area contributed by atoms with Crippen molar-refractivity contribution in [2.24, 2.45) is 0 Å². The van der Waals surface area contributed by atoms with Gasteiger partial charge in [0.15, 0.2) is 6.61 Å². The molecular formula is C20H25NO3. The fourth-order valence-corrected chi connectivity index (χ4v) is 2.38. The van der Waals surface area contributed by atoms with Gasteiger partial charge in [0.2, 0.25) is 0 Å². The molecule has 2 rings (SSSR count). The van der Waals surface area contributed by atoms with E-state index in [1.165, 1.54) is 0 Å². The standard InChI is InChI=1S/C20H25NO3/c1-5-23-16-10-8-9-15(13-16)21-19(22)14-24-18-12-7-6-11-17(18)20(2,3)4/h6-13H,5,14H2,1-4H3,(H,21,22). The summed E-state index contributed by atoms with van der Waals surface area (Å²) in [4.78, 5) is 12.1. The molecule has 0 radical (unpaired) electrons. The van der Waals surface area contributed by atoms with E-state index < -0.39 is 0 Å². The van der Waals surface area contributed by atoms with Crippen molar-refractivity contribution in [1.29, 1.82) is 0 Å². The van der Waals surface area contributed by atoms with E-state index in [0.29, 0.717) is 12.3 Å². The minimum atomic E-state index is -0.202. The van der Waals surface area contributed by atoms with Crippen LogP contribution in [0.4, 0.5) is 5.69 Å². The van der Waals surface area contributed by atoms with Gasteiger partial charge < -0.3 is 14.8 Å². The van der Waals surface area contributed by atoms with Gasteiger partial charge in [0.05, 0.1) is 6.61 Å². The van der Waals surface area contributed by atoms with E-state index in [-0.39, 0.29) is 17.9 Å². The molecule has 0 bridgehead atoms. The molecule has 0 saturated carbocycles. The molecule has 4 nitrogen and oxygen atoms in total. The Hall–Kier alpha value is -2.49. The van der Waals surface area contributed by atoms with Crippen LogP contribution in [-0.4, -0.2) is 19.1 Å². The normalized spacial score (nSPS) is 11.0. The molecule has 1 amide bonds. The maximum Gasteiger partial charge on any atom is 0.262 e. The number of amides is 1. The fourth-order valence-electron chi connectivity index (χ4n) is 2.38. The van der Waals surface area contributed by atoms with Crippen molar-refractivity contribution < 1.29 is 14.3 Å². The van der Waals surface area contributed by atoms with Crippen molar-refractivity contribution in [3.05, 3.63) is 54.1 Å². The lowest BCUT2D eigenvalue weighted by atomic mass is 9.86. The SMILES string of the molecule is CCOc1cccc(NC(=O)COc2ccccc2C(C)(C)C)c1. The lowest BCUT2D eigenvalue weighted by molar-refractivity contribution is -0.118. The molecule has 0 heterocycles. The number of anilines is 1. The van der Waals surface area contributed by atoms with Crippen molar-refractivity contribution in [3.8, 4) is 11.5 Å². The zero-order valence-corrected chi connectivity index (χ0v) is 14.8. The van der Waals surface area contributed by atoms with E-state index in [9.17, 15) is 4.79 Å². The summed E-state index contributed by atoms with van der Waals surface area (Å²) in [6.07, 6.45) is 0. The van der Waals surface area contributed by atoms with E-state index in [1.54, 1.807) is 6.07 Å². The quantitative estimate of drug-likeness (QED) is 0.855. The maximum atomic E-state index is 12.1. The molecule has 0 aliphatic carbocycles. The van der Waals surface area contributed by atoms with Crippen molar-refractivity contribution >= 4 is 11.6 Å². The van der Waals surface area contributed by atoms with E-state index in [0.717, 1.165) is 17.1 Å². The summed E-state index contributed by atoms with van der Waals surface area (Å²) >= 11 is 0. The number of benzene rings is 2. The van der Waals surface area contributed by atoms with Crippen LogP contribution in [0.1, 0.15) is 33.3 Å². The zero-order chi connectivity index (χ0) is 17.6. The third kappa shape index (κ3) is 5.01. The first-order valence-corrected chi connectivity index (χ1v) is 8.15. The number of para-hydroxylation sites is 1. The Bertz CT molecular complexity index is 689. The number of nitrogens with one attached hydrogen (secondary N) is 1. The Labute approximate surface area is 143 Å². The second-order valence-electron chi connectivity index (χ2n) is 6.54. The third-order valence-corrected chi connectivity index (χ3v) is 3.48. The van der Waals surface area contributed by atoms with Gasteiger partial charge in [-0.3, -0.25) is 4.79 Å². The summed E-state index contributed by atoms with van der Waals surface area (Å²) in [6, 6.07) is 15.1. The molecule has 4 heteroatoms. The maximum absolute atomic E-state index is 12.1. The summed E-state index contributed by atoms with van der Waals surface area (Å²) < 4.78 is 11.2. The van der Waals surface area contributed by atoms with Crippen LogP contribution in [0.2, 0.25) is 0 Å². The largest absolute Gasteiger partial charge is 0.494 e. The molecule has 2 aromatic rings. The topological polar surface area (TPSA) is 47.6 Å². The monoisotopic (exact) mass is 327 g/mol. The van der Waals surface area contributed by atoms with E-state index in [2.05, 4.69) is 26.1 Å². The molecule has 0 aliphatic rings. The molecule has 0 aromatic heterocycles. The molecule has 0 atom stereocenters. The van der Waals surface area contributed by atoms with Crippen molar-refractivity contribution in [3.63, 3.8) is 0 Å². The smallest absolute Gasteiger partial charge is 0.262 e. The molecule has 0 fully saturated rings. The van der Waals surface area contributed by atoms with Crippen LogP contribution >= 0.6 is 0 Å². The van der Waals surface area contributed by atoms with Gasteiger partial charge in [-0.05, 0) is 36.1 Å². The van der Waals surface area contributed by atoms with Gasteiger partial charge in [-0.15, -0.1) is 0 Å². The minimum Gasteiger partial charge on any atom is -0.494 e. The number of ether oxygens (including phenoxy) is 2. The second-order valence-corrected chi connectivity index (χ2v) is 6.54. The predicted octanol–water partition coefficient (Wildman–Crippen LogP) is 4.40. The molecule has 128 valence electrons. The third-order valence-electron chi connectivity index (χ3n) is 3.48. The Balaban J connectivity index is 1.98. The first-order chi connectivity index (χ1) is 11.4. The van der Waals surface area contributed by atoms with Crippen LogP contribution in [0.5, 0.6) is 11.5 Å². The fraction of sp³-hybridized carbons (Fsp3) is 0.350. The number of hydrogen-bond donors (Lipinski definition) is 1. The molecule has 0 aliphatic heterocycles. The van der Waals surface area contributed by atoms with Gasteiger partial charge >= 0.3 is 0 Å². The van der Waals surface area contributed by atoms with Crippen LogP contribution in [-0.2, 0) is 10.2 Å². The lowest BCUT2D eigenvalue weighted by Crippen LogP contribution is -2.22. The minimum absolute atomic E-state index is 0.0358. The number of rotatable bonds is 6. The zero-order valence-electron chi connectivity index (χ0n) is 14.8. The molecule has 2 aromatic carbocycles. The summed E-state index contributed by atoms with van der Waals surface area (Å²) in [5.41, 5.74) is 1.73. The van der Waals surface area contributed by atoms with E-state index >= 15 is 0 Å². The summed E-state index contributed by atoms with van der Waals surface area (Å²) in [5, 5.41) is 2.83. The van der Waals surface area contributed by atoms with Gasteiger partial charge in [0, 0.05) is 11.8 Å². The Morgan fingerprint density at radius 3 is 2.50 bits per heavy atom. The average Bonchev–Trinajstić information content (AvgIpc) is 2.53. The highest BCUT2D eigenvalue weighted by atomic mass is 16.5. The van der Waals surface area contributed by atoms with Crippen LogP contribution in [0, 0.1) is 0 Å². The summed E-state index contributed by atoms with van der Waals surface area (Å²) in [5.74, 6) is 1.27. The van der Waals surface area contributed by atoms with Gasteiger partial charge in [-0.2, -0.15) is 0 Å². The number of hydrogen-bond acceptors (Lipinski definition) is 3. The molecule has 0 saturated heterocycles. The second kappa shape index (κ2) is 7.86. The first kappa shape index (κ1) is 17.9. The molecule has 0 unspecified atom stereocenters. The highest BCUT2D eigenvalue weighted by molar-refractivity contribution is 5.92. The van der Waals surface area contributed by atoms with E-state index in [1.807, 2.05) is 49.4 Å². The van der Waals surface area contributed by atoms with Crippen LogP contribution in [0.15, 0.2) is 48.5 Å². The van der Waals surface area contributed by atoms with Gasteiger partial charge in [-0.1, -0.05) is 45.0 Å².